The molecule has 1 aliphatic rings. The van der Waals surface area contributed by atoms with Gasteiger partial charge in [0.05, 0.1) is 24.0 Å². The van der Waals surface area contributed by atoms with E-state index < -0.39 is 10.0 Å². The maximum absolute atomic E-state index is 13.2. The second-order valence-electron chi connectivity index (χ2n) is 6.25. The Morgan fingerprint density at radius 2 is 1.89 bits per heavy atom. The highest BCUT2D eigenvalue weighted by Crippen LogP contribution is 2.44. The molecule has 2 aromatic carbocycles. The van der Waals surface area contributed by atoms with Crippen LogP contribution in [0.15, 0.2) is 53.4 Å². The minimum absolute atomic E-state index is 0.285. The fourth-order valence-electron chi connectivity index (χ4n) is 2.99. The summed E-state index contributed by atoms with van der Waals surface area (Å²) in [5.41, 5.74) is 0.880. The minimum Gasteiger partial charge on any atom is -0.496 e. The number of ether oxygens (including phenoxy) is 2. The second kappa shape index (κ2) is 8.99. The molecule has 0 bridgehead atoms. The highest BCUT2D eigenvalue weighted by atomic mass is 32.2. The van der Waals surface area contributed by atoms with Crippen molar-refractivity contribution in [2.45, 2.75) is 30.0 Å². The fraction of sp³-hybridized carbons (Fsp3) is 0.400. The number of rotatable bonds is 8. The van der Waals surface area contributed by atoms with Crippen LogP contribution in [-0.2, 0) is 10.0 Å². The maximum atomic E-state index is 13.2. The molecular formula is C20H25NO4S2. The van der Waals surface area contributed by atoms with Crippen molar-refractivity contribution < 1.29 is 17.9 Å². The van der Waals surface area contributed by atoms with E-state index in [0.717, 1.165) is 24.2 Å². The smallest absolute Gasteiger partial charge is 0.244 e. The molecule has 0 aliphatic carbocycles. The van der Waals surface area contributed by atoms with Gasteiger partial charge in [0.1, 0.15) is 11.5 Å². The van der Waals surface area contributed by atoms with Crippen LogP contribution in [0.5, 0.6) is 11.5 Å². The van der Waals surface area contributed by atoms with Crippen molar-refractivity contribution in [2.75, 3.05) is 26.0 Å². The predicted molar refractivity (Wildman–Crippen MR) is 109 cm³/mol. The van der Waals surface area contributed by atoms with E-state index in [-0.39, 0.29) is 10.3 Å². The molecule has 0 amide bonds. The van der Waals surface area contributed by atoms with E-state index in [1.54, 1.807) is 47.4 Å². The van der Waals surface area contributed by atoms with Gasteiger partial charge in [-0.1, -0.05) is 31.5 Å². The van der Waals surface area contributed by atoms with Crippen LogP contribution >= 0.6 is 11.8 Å². The number of thioether (sulfide) groups is 1. The van der Waals surface area contributed by atoms with Gasteiger partial charge in [0.2, 0.25) is 10.0 Å². The monoisotopic (exact) mass is 407 g/mol. The van der Waals surface area contributed by atoms with Crippen LogP contribution in [0.25, 0.3) is 0 Å². The van der Waals surface area contributed by atoms with Gasteiger partial charge in [-0.15, -0.1) is 11.8 Å². The maximum Gasteiger partial charge on any atom is 0.244 e. The molecule has 0 aromatic heterocycles. The molecule has 1 atom stereocenters. The van der Waals surface area contributed by atoms with Crippen molar-refractivity contribution in [1.82, 2.24) is 4.31 Å². The van der Waals surface area contributed by atoms with Crippen LogP contribution in [0, 0.1) is 0 Å². The Kier molecular flexibility index (Phi) is 6.68. The number of sulfonamides is 1. The Morgan fingerprint density at radius 1 is 1.15 bits per heavy atom. The minimum atomic E-state index is -3.60. The first-order valence-electron chi connectivity index (χ1n) is 9.07. The molecule has 1 heterocycles. The van der Waals surface area contributed by atoms with Gasteiger partial charge >= 0.3 is 0 Å². The molecule has 27 heavy (non-hydrogen) atoms. The number of methoxy groups -OCH3 is 1. The number of para-hydroxylation sites is 1. The van der Waals surface area contributed by atoms with Crippen LogP contribution in [0.4, 0.5) is 0 Å². The molecule has 146 valence electrons. The first-order chi connectivity index (χ1) is 13.1. The molecule has 1 unspecified atom stereocenters. The second-order valence-corrected chi connectivity index (χ2v) is 9.33. The summed E-state index contributed by atoms with van der Waals surface area (Å²) in [6, 6.07) is 14.3. The fourth-order valence-corrected chi connectivity index (χ4v) is 6.25. The molecular weight excluding hydrogens is 382 g/mol. The average molecular weight is 408 g/mol. The molecule has 7 heteroatoms. The standard InChI is InChI=1S/C20H25NO4S2/c1-3-4-14-25-16-9-11-17(12-10-16)27(22,23)21-13-15-26-20(21)18-7-5-6-8-19(18)24-2/h5-12,20H,3-4,13-15H2,1-2H3. The van der Waals surface area contributed by atoms with Crippen molar-refractivity contribution in [3.8, 4) is 11.5 Å². The SMILES string of the molecule is CCCCOc1ccc(S(=O)(=O)N2CCSC2c2ccccc2OC)cc1. The molecule has 0 N–H and O–H groups in total. The van der Waals surface area contributed by atoms with Gasteiger partial charge in [0.25, 0.3) is 0 Å². The van der Waals surface area contributed by atoms with Gasteiger partial charge in [-0.25, -0.2) is 8.42 Å². The number of hydrogen-bond donors (Lipinski definition) is 0. The number of benzene rings is 2. The van der Waals surface area contributed by atoms with Gasteiger partial charge in [0.15, 0.2) is 0 Å². The average Bonchev–Trinajstić information content (AvgIpc) is 3.19. The summed E-state index contributed by atoms with van der Waals surface area (Å²) in [6.45, 7) is 3.22. The first-order valence-corrected chi connectivity index (χ1v) is 11.6. The summed E-state index contributed by atoms with van der Waals surface area (Å²) in [7, 11) is -2.00. The molecule has 2 aromatic rings. The molecule has 0 radical (unpaired) electrons. The zero-order valence-corrected chi connectivity index (χ0v) is 17.3. The topological polar surface area (TPSA) is 55.8 Å². The van der Waals surface area contributed by atoms with Crippen molar-refractivity contribution in [3.63, 3.8) is 0 Å². The third-order valence-corrected chi connectivity index (χ3v) is 7.71. The third-order valence-electron chi connectivity index (χ3n) is 4.45. The zero-order valence-electron chi connectivity index (χ0n) is 15.6. The Labute approximate surface area is 165 Å². The first kappa shape index (κ1) is 20.0. The lowest BCUT2D eigenvalue weighted by atomic mass is 10.2. The number of nitrogens with zero attached hydrogens (tertiary/aromatic N) is 1. The van der Waals surface area contributed by atoms with Gasteiger partial charge in [-0.05, 0) is 36.8 Å². The summed E-state index contributed by atoms with van der Waals surface area (Å²) < 4.78 is 39.1. The lowest BCUT2D eigenvalue weighted by Crippen LogP contribution is -2.30. The molecule has 0 spiro atoms. The van der Waals surface area contributed by atoms with Crippen LogP contribution in [0.1, 0.15) is 30.7 Å². The van der Waals surface area contributed by atoms with Gasteiger partial charge in [-0.3, -0.25) is 0 Å². The number of hydrogen-bond acceptors (Lipinski definition) is 5. The summed E-state index contributed by atoms with van der Waals surface area (Å²) in [5, 5.41) is -0.286. The van der Waals surface area contributed by atoms with Crippen molar-refractivity contribution in [3.05, 3.63) is 54.1 Å². The highest BCUT2D eigenvalue weighted by Gasteiger charge is 2.38. The van der Waals surface area contributed by atoms with E-state index in [2.05, 4.69) is 6.92 Å². The predicted octanol–water partition coefficient (Wildman–Crippen LogP) is 4.31. The normalized spacial score (nSPS) is 17.8. The third kappa shape index (κ3) is 4.42. The van der Waals surface area contributed by atoms with E-state index in [4.69, 9.17) is 9.47 Å². The van der Waals surface area contributed by atoms with E-state index >= 15 is 0 Å². The van der Waals surface area contributed by atoms with Crippen LogP contribution in [0.2, 0.25) is 0 Å². The molecule has 5 nitrogen and oxygen atoms in total. The van der Waals surface area contributed by atoms with Crippen LogP contribution in [-0.4, -0.2) is 38.7 Å². The summed E-state index contributed by atoms with van der Waals surface area (Å²) in [5.74, 6) is 2.15. The molecule has 3 rings (SSSR count). The van der Waals surface area contributed by atoms with E-state index in [1.165, 1.54) is 0 Å². The number of unbranched alkanes of at least 4 members (excludes halogenated alkanes) is 1. The largest absolute Gasteiger partial charge is 0.496 e. The van der Waals surface area contributed by atoms with Crippen molar-refractivity contribution in [2.24, 2.45) is 0 Å². The van der Waals surface area contributed by atoms with E-state index in [0.29, 0.717) is 24.7 Å². The van der Waals surface area contributed by atoms with Crippen molar-refractivity contribution >= 4 is 21.8 Å². The summed E-state index contributed by atoms with van der Waals surface area (Å²) in [4.78, 5) is 0.285. The zero-order chi connectivity index (χ0) is 19.3. The Bertz CT molecular complexity index is 853. The van der Waals surface area contributed by atoms with E-state index in [1.807, 2.05) is 24.3 Å². The van der Waals surface area contributed by atoms with E-state index in [9.17, 15) is 8.42 Å². The quantitative estimate of drug-likeness (QED) is 0.610. The Balaban J connectivity index is 1.83. The summed E-state index contributed by atoms with van der Waals surface area (Å²) >= 11 is 1.61. The Hall–Kier alpha value is -1.70. The lowest BCUT2D eigenvalue weighted by Gasteiger charge is -2.25. The van der Waals surface area contributed by atoms with Gasteiger partial charge in [-0.2, -0.15) is 4.31 Å². The van der Waals surface area contributed by atoms with Crippen LogP contribution < -0.4 is 9.47 Å². The summed E-state index contributed by atoms with van der Waals surface area (Å²) in [6.07, 6.45) is 2.04. The molecule has 0 saturated carbocycles. The van der Waals surface area contributed by atoms with Gasteiger partial charge in [0, 0.05) is 17.9 Å². The molecule has 1 aliphatic heterocycles. The molecule has 1 fully saturated rings. The highest BCUT2D eigenvalue weighted by molar-refractivity contribution is 8.01. The lowest BCUT2D eigenvalue weighted by molar-refractivity contribution is 0.309. The van der Waals surface area contributed by atoms with Crippen molar-refractivity contribution in [1.29, 1.82) is 0 Å². The van der Waals surface area contributed by atoms with Gasteiger partial charge < -0.3 is 9.47 Å². The molecule has 1 saturated heterocycles. The Morgan fingerprint density at radius 3 is 2.59 bits per heavy atom. The van der Waals surface area contributed by atoms with Crippen LogP contribution in [0.3, 0.4) is 0 Å².